The standard InChI is InChI=1S/C43H56N4O10.CO2/c1-29-37(45-46-44)42(51-24-16-8-15-23-47(25-33-17-9-5-10-18-33)43(50)54-27-35-21-13-7-14-22-35)56-36(28-52-32(4)48)39(29)57-41-30(2)40(38(49)31(3)55-41)53-26-34-19-11-6-12-20-34;2-1-3/h5-7,9-14,17-22,29-31,36-42,49H,8,15-16,23-28H2,1-4H3;/t29-,30+,31?,36?,37?,38-,39+,40?,41+,42+;/m1./s1. The third-order valence-electron chi connectivity index (χ3n) is 10.4. The number of aliphatic hydroxyl groups is 1. The second kappa shape index (κ2) is 25.5. The number of rotatable bonds is 19. The van der Waals surface area contributed by atoms with E-state index >= 15 is 0 Å². The van der Waals surface area contributed by atoms with E-state index in [1.165, 1.54) is 6.92 Å². The van der Waals surface area contributed by atoms with Crippen molar-refractivity contribution in [3.8, 4) is 0 Å². The van der Waals surface area contributed by atoms with Crippen LogP contribution in [0.4, 0.5) is 4.79 Å². The monoisotopic (exact) mass is 832 g/mol. The lowest BCUT2D eigenvalue weighted by atomic mass is 9.88. The molecule has 0 saturated carbocycles. The highest BCUT2D eigenvalue weighted by Crippen LogP contribution is 2.37. The highest BCUT2D eigenvalue weighted by atomic mass is 16.7. The molecule has 2 saturated heterocycles. The summed E-state index contributed by atoms with van der Waals surface area (Å²) in [5.74, 6) is -1.34. The Balaban J connectivity index is 0.00000257. The molecule has 5 rings (SSSR count). The largest absolute Gasteiger partial charge is 0.463 e. The summed E-state index contributed by atoms with van der Waals surface area (Å²) in [6.45, 7) is 8.39. The van der Waals surface area contributed by atoms with Gasteiger partial charge in [0.15, 0.2) is 12.6 Å². The molecule has 2 aliphatic rings. The van der Waals surface area contributed by atoms with E-state index in [4.69, 9.17) is 42.7 Å². The lowest BCUT2D eigenvalue weighted by Gasteiger charge is -2.48. The molecule has 324 valence electrons. The Labute approximate surface area is 350 Å². The van der Waals surface area contributed by atoms with Crippen LogP contribution >= 0.6 is 0 Å². The summed E-state index contributed by atoms with van der Waals surface area (Å²) in [7, 11) is 0. The van der Waals surface area contributed by atoms with Gasteiger partial charge in [0, 0.05) is 37.4 Å². The summed E-state index contributed by atoms with van der Waals surface area (Å²) in [4.78, 5) is 46.1. The van der Waals surface area contributed by atoms with Crippen molar-refractivity contribution in [2.45, 2.75) is 116 Å². The van der Waals surface area contributed by atoms with Crippen molar-refractivity contribution in [3.63, 3.8) is 0 Å². The van der Waals surface area contributed by atoms with E-state index in [9.17, 15) is 20.2 Å². The number of nitrogens with zero attached hydrogens (tertiary/aromatic N) is 4. The molecule has 0 aliphatic carbocycles. The van der Waals surface area contributed by atoms with Crippen molar-refractivity contribution in [3.05, 3.63) is 118 Å². The molecule has 16 nitrogen and oxygen atoms in total. The van der Waals surface area contributed by atoms with Crippen LogP contribution in [0.5, 0.6) is 0 Å². The Morgan fingerprint density at radius 3 is 1.98 bits per heavy atom. The molecule has 1 N–H and O–H groups in total. The van der Waals surface area contributed by atoms with Gasteiger partial charge in [0.25, 0.3) is 0 Å². The zero-order chi connectivity index (χ0) is 43.3. The quantitative estimate of drug-likeness (QED) is 0.0438. The molecule has 1 amide bonds. The third kappa shape index (κ3) is 14.8. The molecule has 16 heteroatoms. The van der Waals surface area contributed by atoms with Gasteiger partial charge >= 0.3 is 18.2 Å². The maximum absolute atomic E-state index is 13.2. The number of hydrogen-bond donors (Lipinski definition) is 1. The maximum atomic E-state index is 13.2. The summed E-state index contributed by atoms with van der Waals surface area (Å²) in [5, 5.41) is 15.1. The molecule has 3 aromatic carbocycles. The van der Waals surface area contributed by atoms with Crippen LogP contribution in [-0.4, -0.2) is 97.1 Å². The van der Waals surface area contributed by atoms with E-state index < -0.39 is 66.9 Å². The first kappa shape index (κ1) is 47.5. The van der Waals surface area contributed by atoms with E-state index in [2.05, 4.69) is 10.0 Å². The number of azide groups is 1. The Kier molecular flexibility index (Phi) is 20.2. The van der Waals surface area contributed by atoms with Crippen molar-refractivity contribution in [1.29, 1.82) is 0 Å². The average Bonchev–Trinajstić information content (AvgIpc) is 3.25. The van der Waals surface area contributed by atoms with E-state index in [0.29, 0.717) is 32.5 Å². The zero-order valence-corrected chi connectivity index (χ0v) is 34.5. The summed E-state index contributed by atoms with van der Waals surface area (Å²) >= 11 is 0. The van der Waals surface area contributed by atoms with Crippen LogP contribution in [0.15, 0.2) is 96.1 Å². The Morgan fingerprint density at radius 1 is 0.783 bits per heavy atom. The van der Waals surface area contributed by atoms with Crippen LogP contribution in [0.2, 0.25) is 0 Å². The second-order valence-corrected chi connectivity index (χ2v) is 14.8. The molecule has 60 heavy (non-hydrogen) atoms. The van der Waals surface area contributed by atoms with Gasteiger partial charge in [-0.3, -0.25) is 4.79 Å². The maximum Gasteiger partial charge on any atom is 0.410 e. The van der Waals surface area contributed by atoms with Crippen LogP contribution in [-0.2, 0) is 67.3 Å². The fourth-order valence-electron chi connectivity index (χ4n) is 7.12. The fraction of sp³-hybridized carbons (Fsp3) is 0.523. The molecule has 3 aromatic rings. The summed E-state index contributed by atoms with van der Waals surface area (Å²) < 4.78 is 42.6. The number of hydrogen-bond acceptors (Lipinski definition) is 13. The third-order valence-corrected chi connectivity index (χ3v) is 10.4. The van der Waals surface area contributed by atoms with Gasteiger partial charge in [0.1, 0.15) is 25.4 Å². The van der Waals surface area contributed by atoms with Crippen LogP contribution < -0.4 is 0 Å². The number of unbranched alkanes of at least 4 members (excludes halogenated alkanes) is 2. The number of carbonyl (C=O) groups excluding carboxylic acids is 4. The summed E-state index contributed by atoms with van der Waals surface area (Å²) in [6, 6.07) is 28.3. The van der Waals surface area contributed by atoms with Gasteiger partial charge in [-0.25, -0.2) is 4.79 Å². The minimum absolute atomic E-state index is 0.127. The lowest BCUT2D eigenvalue weighted by Crippen LogP contribution is -2.60. The molecule has 2 fully saturated rings. The molecule has 2 heterocycles. The summed E-state index contributed by atoms with van der Waals surface area (Å²) in [5.41, 5.74) is 12.5. The van der Waals surface area contributed by atoms with Crippen LogP contribution in [0.1, 0.15) is 63.6 Å². The van der Waals surface area contributed by atoms with Gasteiger partial charge < -0.3 is 43.2 Å². The fourth-order valence-corrected chi connectivity index (χ4v) is 7.12. The normalized spacial score (nSPS) is 25.9. The first-order valence-corrected chi connectivity index (χ1v) is 20.1. The number of esters is 1. The molecule has 0 aromatic heterocycles. The smallest absolute Gasteiger partial charge is 0.410 e. The van der Waals surface area contributed by atoms with E-state index in [1.54, 1.807) is 11.8 Å². The van der Waals surface area contributed by atoms with Crippen molar-refractivity contribution in [2.75, 3.05) is 19.8 Å². The number of ether oxygens (including phenoxy) is 7. The molecule has 10 atom stereocenters. The van der Waals surface area contributed by atoms with E-state index in [-0.39, 0.29) is 32.1 Å². The van der Waals surface area contributed by atoms with Crippen molar-refractivity contribution >= 4 is 18.2 Å². The molecule has 0 bridgehead atoms. The number of carbonyl (C=O) groups is 2. The molecule has 0 spiro atoms. The minimum Gasteiger partial charge on any atom is -0.463 e. The van der Waals surface area contributed by atoms with Gasteiger partial charge in [-0.1, -0.05) is 110 Å². The SMILES string of the molecule is CC(=O)OCC1O[C@H](OCCCCCN(Cc2ccccc2)C(=O)OCc2ccccc2)C(N=[N+]=[N-])[C@@H](C)[C@@H]1O[C@@H]1OC(C)[C@@H](O)C(OCc2ccccc2)[C@@H]1C.O=C=O. The Bertz CT molecular complexity index is 1800. The van der Waals surface area contributed by atoms with Crippen molar-refractivity contribution in [1.82, 2.24) is 4.90 Å². The Morgan fingerprint density at radius 2 is 1.38 bits per heavy atom. The van der Waals surface area contributed by atoms with Gasteiger partial charge in [0.05, 0.1) is 31.0 Å². The first-order chi connectivity index (χ1) is 29.1. The predicted octanol–water partition coefficient (Wildman–Crippen LogP) is 6.74. The topological polar surface area (TPSA) is 205 Å². The molecular weight excluding hydrogens is 776 g/mol. The second-order valence-electron chi connectivity index (χ2n) is 14.8. The minimum atomic E-state index is -0.939. The van der Waals surface area contributed by atoms with Crippen LogP contribution in [0.3, 0.4) is 0 Å². The molecule has 2 aliphatic heterocycles. The molecule has 4 unspecified atom stereocenters. The number of amides is 1. The van der Waals surface area contributed by atoms with Crippen LogP contribution in [0.25, 0.3) is 10.4 Å². The van der Waals surface area contributed by atoms with Gasteiger partial charge in [0.2, 0.25) is 0 Å². The molecular formula is C44H56N4O12. The average molecular weight is 833 g/mol. The predicted molar refractivity (Wildman–Crippen MR) is 215 cm³/mol. The van der Waals surface area contributed by atoms with Crippen molar-refractivity contribution in [2.24, 2.45) is 17.0 Å². The zero-order valence-electron chi connectivity index (χ0n) is 34.5. The molecule has 0 radical (unpaired) electrons. The highest BCUT2D eigenvalue weighted by molar-refractivity contribution is 5.67. The number of aliphatic hydroxyl groups excluding tert-OH is 1. The lowest BCUT2D eigenvalue weighted by molar-refractivity contribution is -0.330. The summed E-state index contributed by atoms with van der Waals surface area (Å²) in [6.07, 6.45) is -3.42. The van der Waals surface area contributed by atoms with Crippen molar-refractivity contribution < 1.29 is 57.4 Å². The van der Waals surface area contributed by atoms with Gasteiger partial charge in [-0.15, -0.1) is 0 Å². The first-order valence-electron chi connectivity index (χ1n) is 20.1. The van der Waals surface area contributed by atoms with E-state index in [0.717, 1.165) is 23.1 Å². The van der Waals surface area contributed by atoms with Crippen LogP contribution in [0, 0.1) is 11.8 Å². The van der Waals surface area contributed by atoms with E-state index in [1.807, 2.05) is 105 Å². The highest BCUT2D eigenvalue weighted by Gasteiger charge is 2.49. The van der Waals surface area contributed by atoms with Gasteiger partial charge in [-0.05, 0) is 54.3 Å². The van der Waals surface area contributed by atoms with Gasteiger partial charge in [-0.2, -0.15) is 9.59 Å². The number of benzene rings is 3. The Hall–Kier alpha value is -5.15.